The number of nitrogens with zero attached hydrogens (tertiary/aromatic N) is 1. The Morgan fingerprint density at radius 1 is 1.44 bits per heavy atom. The number of carbonyl (C=O) groups is 2. The van der Waals surface area contributed by atoms with E-state index >= 15 is 0 Å². The van der Waals surface area contributed by atoms with Crippen molar-refractivity contribution in [2.24, 2.45) is 5.41 Å². The van der Waals surface area contributed by atoms with Crippen LogP contribution in [0.5, 0.6) is 0 Å². The van der Waals surface area contributed by atoms with Gasteiger partial charge in [-0.3, -0.25) is 4.79 Å². The quantitative estimate of drug-likeness (QED) is 0.730. The summed E-state index contributed by atoms with van der Waals surface area (Å²) in [6.07, 6.45) is 2.88. The number of aliphatic carboxylic acids is 1. The Kier molecular flexibility index (Phi) is 3.74. The van der Waals surface area contributed by atoms with Crippen molar-refractivity contribution in [3.8, 4) is 0 Å². The number of ether oxygens (including phenoxy) is 1. The van der Waals surface area contributed by atoms with Gasteiger partial charge in [0.2, 0.25) is 0 Å². The zero-order valence-corrected chi connectivity index (χ0v) is 11.6. The molecule has 0 saturated carbocycles. The summed E-state index contributed by atoms with van der Waals surface area (Å²) in [5, 5.41) is 9.19. The van der Waals surface area contributed by atoms with Crippen molar-refractivity contribution in [1.29, 1.82) is 0 Å². The minimum absolute atomic E-state index is 0.120. The maximum Gasteiger partial charge on any atom is 0.410 e. The second-order valence-corrected chi connectivity index (χ2v) is 5.93. The van der Waals surface area contributed by atoms with E-state index in [0.29, 0.717) is 0 Å². The van der Waals surface area contributed by atoms with Crippen molar-refractivity contribution in [3.05, 3.63) is 12.2 Å². The van der Waals surface area contributed by atoms with Crippen molar-refractivity contribution >= 4 is 12.1 Å². The molecule has 5 heteroatoms. The lowest BCUT2D eigenvalue weighted by molar-refractivity contribution is -0.146. The van der Waals surface area contributed by atoms with Crippen molar-refractivity contribution < 1.29 is 19.4 Å². The summed E-state index contributed by atoms with van der Waals surface area (Å²) in [5.74, 6) is -0.945. The van der Waals surface area contributed by atoms with Crippen LogP contribution < -0.4 is 0 Å². The second kappa shape index (κ2) is 4.63. The van der Waals surface area contributed by atoms with Gasteiger partial charge in [-0.2, -0.15) is 0 Å². The monoisotopic (exact) mass is 255 g/mol. The molecule has 0 aromatic heterocycles. The average molecular weight is 255 g/mol. The molecule has 0 radical (unpaired) electrons. The Labute approximate surface area is 107 Å². The number of hydrogen-bond donors (Lipinski definition) is 1. The highest BCUT2D eigenvalue weighted by Crippen LogP contribution is 2.28. The number of rotatable bonds is 1. The fraction of sp³-hybridized carbons (Fsp3) is 0.692. The fourth-order valence-corrected chi connectivity index (χ4v) is 1.70. The smallest absolute Gasteiger partial charge is 0.410 e. The summed E-state index contributed by atoms with van der Waals surface area (Å²) in [6.45, 7) is 8.90. The van der Waals surface area contributed by atoms with Crippen LogP contribution >= 0.6 is 0 Å². The van der Waals surface area contributed by atoms with Gasteiger partial charge in [0.15, 0.2) is 0 Å². The van der Waals surface area contributed by atoms with Gasteiger partial charge in [0.25, 0.3) is 0 Å². The maximum absolute atomic E-state index is 12.0. The lowest BCUT2D eigenvalue weighted by Crippen LogP contribution is -2.51. The Morgan fingerprint density at radius 2 is 2.00 bits per heavy atom. The summed E-state index contributed by atoms with van der Waals surface area (Å²) < 4.78 is 5.28. The molecule has 0 spiro atoms. The van der Waals surface area contributed by atoms with E-state index in [1.165, 1.54) is 4.90 Å². The normalized spacial score (nSPS) is 28.1. The molecular weight excluding hydrogens is 234 g/mol. The first kappa shape index (κ1) is 14.5. The molecule has 18 heavy (non-hydrogen) atoms. The highest BCUT2D eigenvalue weighted by molar-refractivity contribution is 5.79. The SMILES string of the molecule is CC1C=CC(C)(C(=O)O)CN1C(=O)OC(C)(C)C. The molecule has 0 aromatic carbocycles. The van der Waals surface area contributed by atoms with E-state index in [2.05, 4.69) is 0 Å². The van der Waals surface area contributed by atoms with Crippen LogP contribution in [0.3, 0.4) is 0 Å². The molecule has 1 aliphatic heterocycles. The zero-order valence-electron chi connectivity index (χ0n) is 11.6. The summed E-state index contributed by atoms with van der Waals surface area (Å²) in [4.78, 5) is 24.7. The van der Waals surface area contributed by atoms with Gasteiger partial charge in [0.05, 0.1) is 6.04 Å². The van der Waals surface area contributed by atoms with Crippen molar-refractivity contribution in [2.75, 3.05) is 6.54 Å². The molecule has 0 saturated heterocycles. The lowest BCUT2D eigenvalue weighted by atomic mass is 9.86. The molecule has 1 rings (SSSR count). The van der Waals surface area contributed by atoms with Crippen LogP contribution in [0.25, 0.3) is 0 Å². The van der Waals surface area contributed by atoms with Gasteiger partial charge in [-0.15, -0.1) is 0 Å². The van der Waals surface area contributed by atoms with Crippen LogP contribution in [-0.4, -0.2) is 40.3 Å². The van der Waals surface area contributed by atoms with Gasteiger partial charge in [0, 0.05) is 6.54 Å². The summed E-state index contributed by atoms with van der Waals surface area (Å²) in [5.41, 5.74) is -1.64. The molecule has 1 amide bonds. The molecule has 1 aliphatic rings. The van der Waals surface area contributed by atoms with Gasteiger partial charge in [-0.25, -0.2) is 4.79 Å². The van der Waals surface area contributed by atoms with E-state index in [1.807, 2.05) is 6.92 Å². The summed E-state index contributed by atoms with van der Waals surface area (Å²) >= 11 is 0. The number of hydrogen-bond acceptors (Lipinski definition) is 3. The van der Waals surface area contributed by atoms with Gasteiger partial charge < -0.3 is 14.7 Å². The highest BCUT2D eigenvalue weighted by Gasteiger charge is 2.40. The van der Waals surface area contributed by atoms with Crippen LogP contribution in [0.1, 0.15) is 34.6 Å². The Hall–Kier alpha value is -1.52. The topological polar surface area (TPSA) is 66.8 Å². The van der Waals surface area contributed by atoms with Crippen LogP contribution in [0.2, 0.25) is 0 Å². The van der Waals surface area contributed by atoms with Crippen molar-refractivity contribution in [3.63, 3.8) is 0 Å². The number of carboxylic acids is 1. The minimum Gasteiger partial charge on any atom is -0.481 e. The third-order valence-electron chi connectivity index (χ3n) is 2.85. The standard InChI is InChI=1S/C13H21NO4/c1-9-6-7-13(5,10(15)16)8-14(9)11(17)18-12(2,3)4/h6-7,9H,8H2,1-5H3,(H,15,16). The first-order chi connectivity index (χ1) is 8.05. The Bertz CT molecular complexity index is 383. The summed E-state index contributed by atoms with van der Waals surface area (Å²) in [6, 6.07) is -0.160. The molecule has 5 nitrogen and oxygen atoms in total. The molecule has 0 aromatic rings. The predicted molar refractivity (Wildman–Crippen MR) is 67.3 cm³/mol. The van der Waals surface area contributed by atoms with Gasteiger partial charge in [0.1, 0.15) is 11.0 Å². The molecule has 2 unspecified atom stereocenters. The number of amides is 1. The molecular formula is C13H21NO4. The number of carboxylic acid groups (broad SMARTS) is 1. The Balaban J connectivity index is 2.88. The van der Waals surface area contributed by atoms with Crippen molar-refractivity contribution in [2.45, 2.75) is 46.3 Å². The summed E-state index contributed by atoms with van der Waals surface area (Å²) in [7, 11) is 0. The third-order valence-corrected chi connectivity index (χ3v) is 2.85. The first-order valence-corrected chi connectivity index (χ1v) is 5.97. The molecule has 0 aliphatic carbocycles. The van der Waals surface area contributed by atoms with Crippen molar-refractivity contribution in [1.82, 2.24) is 4.90 Å². The van der Waals surface area contributed by atoms with E-state index in [4.69, 9.17) is 4.74 Å². The van der Waals surface area contributed by atoms with Gasteiger partial charge in [-0.1, -0.05) is 12.2 Å². The second-order valence-electron chi connectivity index (χ2n) is 5.93. The maximum atomic E-state index is 12.0. The average Bonchev–Trinajstić information content (AvgIpc) is 2.19. The van der Waals surface area contributed by atoms with Crippen LogP contribution in [0.15, 0.2) is 12.2 Å². The first-order valence-electron chi connectivity index (χ1n) is 5.97. The highest BCUT2D eigenvalue weighted by atomic mass is 16.6. The van der Waals surface area contributed by atoms with Gasteiger partial charge >= 0.3 is 12.1 Å². The van der Waals surface area contributed by atoms with Crippen LogP contribution in [-0.2, 0) is 9.53 Å². The molecule has 0 bridgehead atoms. The molecule has 1 heterocycles. The zero-order chi connectivity index (χ0) is 14.1. The predicted octanol–water partition coefficient (Wildman–Crippen LogP) is 2.27. The molecule has 0 fully saturated rings. The molecule has 2 atom stereocenters. The van der Waals surface area contributed by atoms with E-state index in [-0.39, 0.29) is 12.6 Å². The largest absolute Gasteiger partial charge is 0.481 e. The van der Waals surface area contributed by atoms with Crippen LogP contribution in [0, 0.1) is 5.41 Å². The fourth-order valence-electron chi connectivity index (χ4n) is 1.70. The minimum atomic E-state index is -1.05. The lowest BCUT2D eigenvalue weighted by Gasteiger charge is -2.38. The molecule has 1 N–H and O–H groups in total. The number of carbonyl (C=O) groups excluding carboxylic acids is 1. The van der Waals surface area contributed by atoms with E-state index in [9.17, 15) is 14.7 Å². The van der Waals surface area contributed by atoms with E-state index in [1.54, 1.807) is 39.8 Å². The van der Waals surface area contributed by atoms with E-state index < -0.39 is 23.1 Å². The molecule has 102 valence electrons. The van der Waals surface area contributed by atoms with Crippen LogP contribution in [0.4, 0.5) is 4.79 Å². The van der Waals surface area contributed by atoms with E-state index in [0.717, 1.165) is 0 Å². The third kappa shape index (κ3) is 3.24. The Morgan fingerprint density at radius 3 is 2.44 bits per heavy atom. The van der Waals surface area contributed by atoms with Gasteiger partial charge in [-0.05, 0) is 34.6 Å².